The van der Waals surface area contributed by atoms with E-state index >= 15 is 0 Å². The number of alkyl halides is 3. The van der Waals surface area contributed by atoms with Crippen molar-refractivity contribution in [2.75, 3.05) is 25.1 Å². The van der Waals surface area contributed by atoms with E-state index in [1.165, 1.54) is 6.07 Å². The summed E-state index contributed by atoms with van der Waals surface area (Å²) in [4.78, 5) is 8.34. The molecule has 0 bridgehead atoms. The number of rotatable bonds is 3. The van der Waals surface area contributed by atoms with Crippen molar-refractivity contribution in [1.82, 2.24) is 9.97 Å². The van der Waals surface area contributed by atoms with Crippen LogP contribution in [0, 0.1) is 0 Å². The van der Waals surface area contributed by atoms with Gasteiger partial charge in [-0.1, -0.05) is 11.6 Å². The third-order valence-electron chi connectivity index (χ3n) is 3.08. The Morgan fingerprint density at radius 3 is 2.75 bits per heavy atom. The first-order valence-electron chi connectivity index (χ1n) is 6.31. The van der Waals surface area contributed by atoms with E-state index in [1.807, 2.05) is 0 Å². The number of ether oxygens (including phenoxy) is 1. The highest BCUT2D eigenvalue weighted by atomic mass is 35.5. The molecule has 2 rings (SSSR count). The van der Waals surface area contributed by atoms with Crippen LogP contribution >= 0.6 is 11.6 Å². The molecular weight excluding hydrogens is 295 g/mol. The van der Waals surface area contributed by atoms with Gasteiger partial charge in [-0.15, -0.1) is 0 Å². The summed E-state index contributed by atoms with van der Waals surface area (Å²) in [5, 5.41) is -0.223. The van der Waals surface area contributed by atoms with Crippen molar-refractivity contribution >= 4 is 17.4 Å². The molecule has 8 heteroatoms. The Labute approximate surface area is 119 Å². The molecule has 0 aliphatic carbocycles. The molecule has 0 N–H and O–H groups in total. The van der Waals surface area contributed by atoms with E-state index in [1.54, 1.807) is 11.9 Å². The quantitative estimate of drug-likeness (QED) is 0.804. The molecule has 20 heavy (non-hydrogen) atoms. The van der Waals surface area contributed by atoms with Crippen LogP contribution in [0.1, 0.15) is 25.1 Å². The van der Waals surface area contributed by atoms with Crippen LogP contribution in [0.3, 0.4) is 0 Å². The largest absolute Gasteiger partial charge is 0.451 e. The van der Waals surface area contributed by atoms with Gasteiger partial charge in [-0.25, -0.2) is 9.97 Å². The number of hydrogen-bond donors (Lipinski definition) is 0. The molecular formula is C12H15ClF3N3O. The predicted octanol–water partition coefficient (Wildman–Crippen LogP) is 3.15. The normalized spacial score (nSPS) is 19.9. The summed E-state index contributed by atoms with van der Waals surface area (Å²) in [5.41, 5.74) is 0. The van der Waals surface area contributed by atoms with Crippen molar-refractivity contribution < 1.29 is 17.9 Å². The maximum Gasteiger partial charge on any atom is 0.451 e. The van der Waals surface area contributed by atoms with Crippen molar-refractivity contribution in [3.63, 3.8) is 0 Å². The molecule has 0 spiro atoms. The second-order valence-electron chi connectivity index (χ2n) is 4.74. The second-order valence-corrected chi connectivity index (χ2v) is 5.13. The molecule has 1 unspecified atom stereocenters. The molecule has 1 atom stereocenters. The molecule has 1 aliphatic rings. The highest BCUT2D eigenvalue weighted by molar-refractivity contribution is 6.29. The van der Waals surface area contributed by atoms with Gasteiger partial charge in [0, 0.05) is 26.3 Å². The van der Waals surface area contributed by atoms with E-state index in [2.05, 4.69) is 9.97 Å². The van der Waals surface area contributed by atoms with Gasteiger partial charge < -0.3 is 9.64 Å². The fraction of sp³-hybridized carbons (Fsp3) is 0.667. The van der Waals surface area contributed by atoms with Gasteiger partial charge in [0.05, 0.1) is 6.10 Å². The molecule has 4 nitrogen and oxygen atoms in total. The molecule has 1 saturated heterocycles. The van der Waals surface area contributed by atoms with Gasteiger partial charge in [0.2, 0.25) is 5.82 Å². The second kappa shape index (κ2) is 6.13. The number of aromatic nitrogens is 2. The fourth-order valence-electron chi connectivity index (χ4n) is 2.08. The molecule has 0 radical (unpaired) electrons. The maximum absolute atomic E-state index is 12.6. The van der Waals surface area contributed by atoms with Gasteiger partial charge in [0.1, 0.15) is 11.0 Å². The number of hydrogen-bond acceptors (Lipinski definition) is 4. The van der Waals surface area contributed by atoms with Gasteiger partial charge in [-0.3, -0.25) is 0 Å². The smallest absolute Gasteiger partial charge is 0.376 e. The SMILES string of the molecule is CN(CC1CCCCO1)c1cc(Cl)nc(C(F)(F)F)n1. The standard InChI is InChI=1S/C12H15ClF3N3O/c1-19(7-8-4-2-3-5-20-8)10-6-9(13)17-11(18-10)12(14,15)16/h6,8H,2-5,7H2,1H3. The Morgan fingerprint density at radius 2 is 2.15 bits per heavy atom. The Morgan fingerprint density at radius 1 is 1.40 bits per heavy atom. The summed E-state index contributed by atoms with van der Waals surface area (Å²) < 4.78 is 43.5. The molecule has 112 valence electrons. The average molecular weight is 310 g/mol. The minimum atomic E-state index is -4.61. The first-order chi connectivity index (χ1) is 9.36. The number of nitrogens with zero attached hydrogens (tertiary/aromatic N) is 3. The Hall–Kier alpha value is -1.08. The summed E-state index contributed by atoms with van der Waals surface area (Å²) >= 11 is 5.63. The van der Waals surface area contributed by atoms with E-state index in [-0.39, 0.29) is 17.1 Å². The summed E-state index contributed by atoms with van der Waals surface area (Å²) in [5.74, 6) is -1.08. The summed E-state index contributed by atoms with van der Waals surface area (Å²) in [6.45, 7) is 1.17. The molecule has 2 heterocycles. The molecule has 1 aromatic rings. The van der Waals surface area contributed by atoms with Crippen LogP contribution in [0.15, 0.2) is 6.07 Å². The van der Waals surface area contributed by atoms with Crippen LogP contribution in [0.25, 0.3) is 0 Å². The summed E-state index contributed by atoms with van der Waals surface area (Å²) in [7, 11) is 1.66. The van der Waals surface area contributed by atoms with Crippen LogP contribution in [-0.2, 0) is 10.9 Å². The van der Waals surface area contributed by atoms with E-state index in [0.29, 0.717) is 13.2 Å². The van der Waals surface area contributed by atoms with Gasteiger partial charge in [-0.05, 0) is 19.3 Å². The average Bonchev–Trinajstić information content (AvgIpc) is 2.38. The minimum Gasteiger partial charge on any atom is -0.376 e. The Kier molecular flexibility index (Phi) is 4.70. The summed E-state index contributed by atoms with van der Waals surface area (Å²) in [6.07, 6.45) is -1.61. The Bertz CT molecular complexity index is 464. The number of halogens is 4. The topological polar surface area (TPSA) is 38.2 Å². The zero-order valence-corrected chi connectivity index (χ0v) is 11.7. The van der Waals surface area contributed by atoms with Gasteiger partial charge in [0.25, 0.3) is 0 Å². The van der Waals surface area contributed by atoms with Crippen LogP contribution in [0.4, 0.5) is 19.0 Å². The fourth-order valence-corrected chi connectivity index (χ4v) is 2.26. The van der Waals surface area contributed by atoms with Crippen LogP contribution < -0.4 is 4.90 Å². The molecule has 0 amide bonds. The number of likely N-dealkylation sites (N-methyl/N-ethyl adjacent to an activating group) is 1. The highest BCUT2D eigenvalue weighted by Crippen LogP contribution is 2.29. The lowest BCUT2D eigenvalue weighted by atomic mass is 10.1. The van der Waals surface area contributed by atoms with Crippen LogP contribution in [0.2, 0.25) is 5.15 Å². The van der Waals surface area contributed by atoms with Gasteiger partial charge >= 0.3 is 6.18 Å². The maximum atomic E-state index is 12.6. The predicted molar refractivity (Wildman–Crippen MR) is 68.9 cm³/mol. The van der Waals surface area contributed by atoms with Crippen LogP contribution in [-0.4, -0.2) is 36.3 Å². The van der Waals surface area contributed by atoms with E-state index < -0.39 is 12.0 Å². The van der Waals surface area contributed by atoms with Crippen molar-refractivity contribution in [1.29, 1.82) is 0 Å². The zero-order valence-electron chi connectivity index (χ0n) is 11.0. The van der Waals surface area contributed by atoms with Crippen molar-refractivity contribution in [3.05, 3.63) is 17.0 Å². The molecule has 0 saturated carbocycles. The monoisotopic (exact) mass is 309 g/mol. The third-order valence-corrected chi connectivity index (χ3v) is 3.27. The van der Waals surface area contributed by atoms with E-state index in [0.717, 1.165) is 19.3 Å². The van der Waals surface area contributed by atoms with E-state index in [4.69, 9.17) is 16.3 Å². The highest BCUT2D eigenvalue weighted by Gasteiger charge is 2.35. The number of anilines is 1. The lowest BCUT2D eigenvalue weighted by molar-refractivity contribution is -0.144. The zero-order chi connectivity index (χ0) is 14.8. The summed E-state index contributed by atoms with van der Waals surface area (Å²) in [6, 6.07) is 1.32. The molecule has 1 fully saturated rings. The Balaban J connectivity index is 2.12. The molecule has 0 aromatic carbocycles. The first-order valence-corrected chi connectivity index (χ1v) is 6.68. The van der Waals surface area contributed by atoms with Crippen LogP contribution in [0.5, 0.6) is 0 Å². The van der Waals surface area contributed by atoms with Crippen molar-refractivity contribution in [3.8, 4) is 0 Å². The van der Waals surface area contributed by atoms with E-state index in [9.17, 15) is 13.2 Å². The van der Waals surface area contributed by atoms with Gasteiger partial charge in [0.15, 0.2) is 0 Å². The lowest BCUT2D eigenvalue weighted by Gasteiger charge is -2.28. The van der Waals surface area contributed by atoms with Crippen molar-refractivity contribution in [2.45, 2.75) is 31.5 Å². The van der Waals surface area contributed by atoms with Crippen molar-refractivity contribution in [2.24, 2.45) is 0 Å². The molecule has 1 aliphatic heterocycles. The first kappa shape index (κ1) is 15.3. The van der Waals surface area contributed by atoms with Gasteiger partial charge in [-0.2, -0.15) is 13.2 Å². The molecule has 1 aromatic heterocycles. The minimum absolute atomic E-state index is 0.0110. The third kappa shape index (κ3) is 3.96. The lowest BCUT2D eigenvalue weighted by Crippen LogP contribution is -2.34.